The summed E-state index contributed by atoms with van der Waals surface area (Å²) in [6, 6.07) is 9.89. The zero-order chi connectivity index (χ0) is 23.7. The highest BCUT2D eigenvalue weighted by Crippen LogP contribution is 2.33. The van der Waals surface area contributed by atoms with E-state index in [2.05, 4.69) is 26.8 Å². The van der Waals surface area contributed by atoms with E-state index in [4.69, 9.17) is 23.1 Å². The molecule has 0 aliphatic rings. The molecule has 2 aromatic heterocycles. The number of amides is 1. The predicted molar refractivity (Wildman–Crippen MR) is 122 cm³/mol. The van der Waals surface area contributed by atoms with Crippen LogP contribution >= 0.6 is 11.6 Å². The third-order valence-electron chi connectivity index (χ3n) is 4.88. The lowest BCUT2D eigenvalue weighted by Gasteiger charge is -2.07. The van der Waals surface area contributed by atoms with Crippen molar-refractivity contribution in [2.24, 2.45) is 5.73 Å². The molecule has 0 saturated carbocycles. The van der Waals surface area contributed by atoms with Gasteiger partial charge in [-0.25, -0.2) is 18.7 Å². The SMILES string of the molecule is Cc1ccc(Cl)cc1-c1[nH]c(-c2nc(N)ncc2C#Cc2ccc(F)cc2F)cc1C(N)=O. The van der Waals surface area contributed by atoms with Crippen molar-refractivity contribution in [1.29, 1.82) is 0 Å². The highest BCUT2D eigenvalue weighted by atomic mass is 35.5. The summed E-state index contributed by atoms with van der Waals surface area (Å²) in [4.78, 5) is 23.5. The van der Waals surface area contributed by atoms with Crippen LogP contribution in [0.4, 0.5) is 14.7 Å². The summed E-state index contributed by atoms with van der Waals surface area (Å²) < 4.78 is 27.1. The van der Waals surface area contributed by atoms with Crippen LogP contribution in [0.25, 0.3) is 22.6 Å². The quantitative estimate of drug-likeness (QED) is 0.389. The number of carbonyl (C=O) groups is 1. The lowest BCUT2D eigenvalue weighted by molar-refractivity contribution is 0.100. The molecule has 0 aliphatic carbocycles. The minimum absolute atomic E-state index is 0.00118. The highest BCUT2D eigenvalue weighted by Gasteiger charge is 2.19. The Hall–Kier alpha value is -4.22. The van der Waals surface area contributed by atoms with Gasteiger partial charge in [0.1, 0.15) is 17.3 Å². The van der Waals surface area contributed by atoms with Crippen molar-refractivity contribution >= 4 is 23.5 Å². The number of hydrogen-bond acceptors (Lipinski definition) is 4. The Morgan fingerprint density at radius 1 is 1.09 bits per heavy atom. The summed E-state index contributed by atoms with van der Waals surface area (Å²) in [6.45, 7) is 1.87. The van der Waals surface area contributed by atoms with Crippen molar-refractivity contribution in [2.75, 3.05) is 5.73 Å². The fraction of sp³-hybridized carbons (Fsp3) is 0.0417. The van der Waals surface area contributed by atoms with Gasteiger partial charge in [-0.1, -0.05) is 29.5 Å². The summed E-state index contributed by atoms with van der Waals surface area (Å²) in [6.07, 6.45) is 1.38. The summed E-state index contributed by atoms with van der Waals surface area (Å²) in [5.41, 5.74) is 14.6. The molecule has 2 heterocycles. The highest BCUT2D eigenvalue weighted by molar-refractivity contribution is 6.31. The Bertz CT molecular complexity index is 1470. The molecule has 9 heteroatoms. The Balaban J connectivity index is 1.87. The number of halogens is 3. The molecule has 0 radical (unpaired) electrons. The van der Waals surface area contributed by atoms with E-state index in [0.717, 1.165) is 17.7 Å². The van der Waals surface area contributed by atoms with Crippen LogP contribution in [0.1, 0.15) is 27.0 Å². The zero-order valence-corrected chi connectivity index (χ0v) is 18.0. The van der Waals surface area contributed by atoms with Gasteiger partial charge >= 0.3 is 0 Å². The molecule has 0 atom stereocenters. The van der Waals surface area contributed by atoms with Gasteiger partial charge in [0.05, 0.1) is 28.1 Å². The molecule has 0 unspecified atom stereocenters. The summed E-state index contributed by atoms with van der Waals surface area (Å²) in [7, 11) is 0. The number of hydrogen-bond donors (Lipinski definition) is 3. The molecule has 4 aromatic rings. The number of aromatic amines is 1. The van der Waals surface area contributed by atoms with E-state index in [9.17, 15) is 13.6 Å². The summed E-state index contributed by atoms with van der Waals surface area (Å²) >= 11 is 6.15. The van der Waals surface area contributed by atoms with E-state index in [-0.39, 0.29) is 22.8 Å². The molecular weight excluding hydrogens is 448 g/mol. The van der Waals surface area contributed by atoms with Crippen molar-refractivity contribution in [3.63, 3.8) is 0 Å². The van der Waals surface area contributed by atoms with E-state index in [1.165, 1.54) is 18.3 Å². The van der Waals surface area contributed by atoms with Crippen molar-refractivity contribution in [2.45, 2.75) is 6.92 Å². The number of nitrogens with one attached hydrogen (secondary N) is 1. The third kappa shape index (κ3) is 4.54. The first-order valence-electron chi connectivity index (χ1n) is 9.62. The number of carbonyl (C=O) groups excluding carboxylic acids is 1. The third-order valence-corrected chi connectivity index (χ3v) is 5.11. The van der Waals surface area contributed by atoms with Gasteiger partial charge < -0.3 is 16.5 Å². The first-order chi connectivity index (χ1) is 15.7. The second-order valence-electron chi connectivity index (χ2n) is 7.16. The molecule has 164 valence electrons. The van der Waals surface area contributed by atoms with Gasteiger partial charge in [0.25, 0.3) is 5.91 Å². The Morgan fingerprint density at radius 3 is 2.58 bits per heavy atom. The molecule has 4 rings (SSSR count). The Kier molecular flexibility index (Phi) is 5.82. The van der Waals surface area contributed by atoms with Crippen LogP contribution in [0.5, 0.6) is 0 Å². The number of nitrogen functional groups attached to an aromatic ring is 1. The molecule has 2 aromatic carbocycles. The van der Waals surface area contributed by atoms with Gasteiger partial charge in [0.2, 0.25) is 5.95 Å². The lowest BCUT2D eigenvalue weighted by Crippen LogP contribution is -2.11. The van der Waals surface area contributed by atoms with Crippen LogP contribution in [0.15, 0.2) is 48.7 Å². The molecule has 6 nitrogen and oxygen atoms in total. The number of aromatic nitrogens is 3. The van der Waals surface area contributed by atoms with Crippen molar-refractivity contribution < 1.29 is 13.6 Å². The van der Waals surface area contributed by atoms with E-state index in [1.807, 2.05) is 13.0 Å². The predicted octanol–water partition coefficient (Wildman–Crippen LogP) is 4.46. The largest absolute Gasteiger partial charge is 0.368 e. The van der Waals surface area contributed by atoms with Crippen LogP contribution in [-0.4, -0.2) is 20.9 Å². The standard InChI is InChI=1S/C24H16ClF2N5O/c1-12-2-6-15(25)8-17(12)22-18(23(28)33)10-20(31-22)21-14(11-30-24(29)32-21)4-3-13-5-7-16(26)9-19(13)27/h2,5-11,31H,1H3,(H2,28,33)(H2,29,30,32). The van der Waals surface area contributed by atoms with Gasteiger partial charge in [0, 0.05) is 22.8 Å². The van der Waals surface area contributed by atoms with Crippen LogP contribution in [0.2, 0.25) is 5.02 Å². The first kappa shape index (κ1) is 22.0. The minimum atomic E-state index is -0.796. The Labute approximate surface area is 192 Å². The second-order valence-corrected chi connectivity index (χ2v) is 7.60. The first-order valence-corrected chi connectivity index (χ1v) is 10.00. The molecular formula is C24H16ClF2N5O. The average molecular weight is 464 g/mol. The number of aryl methyl sites for hydroxylation is 1. The maximum atomic E-state index is 14.0. The summed E-state index contributed by atoms with van der Waals surface area (Å²) in [5, 5.41) is 0.487. The van der Waals surface area contributed by atoms with E-state index in [0.29, 0.717) is 27.5 Å². The monoisotopic (exact) mass is 463 g/mol. The van der Waals surface area contributed by atoms with Gasteiger partial charge in [-0.3, -0.25) is 4.79 Å². The number of nitrogens with two attached hydrogens (primary N) is 2. The van der Waals surface area contributed by atoms with Crippen LogP contribution in [0.3, 0.4) is 0 Å². The van der Waals surface area contributed by atoms with E-state index in [1.54, 1.807) is 12.1 Å². The van der Waals surface area contributed by atoms with E-state index < -0.39 is 17.5 Å². The van der Waals surface area contributed by atoms with Crippen molar-refractivity contribution in [3.8, 4) is 34.5 Å². The van der Waals surface area contributed by atoms with Crippen LogP contribution in [-0.2, 0) is 0 Å². The molecule has 0 bridgehead atoms. The molecule has 0 saturated heterocycles. The fourth-order valence-electron chi connectivity index (χ4n) is 3.27. The van der Waals surface area contributed by atoms with Gasteiger partial charge in [-0.05, 0) is 42.8 Å². The number of rotatable bonds is 3. The molecule has 0 aliphatic heterocycles. The zero-order valence-electron chi connectivity index (χ0n) is 17.2. The molecule has 0 fully saturated rings. The minimum Gasteiger partial charge on any atom is -0.368 e. The molecule has 33 heavy (non-hydrogen) atoms. The maximum Gasteiger partial charge on any atom is 0.250 e. The number of nitrogens with zero attached hydrogens (tertiary/aromatic N) is 2. The smallest absolute Gasteiger partial charge is 0.250 e. The van der Waals surface area contributed by atoms with Gasteiger partial charge in [0.15, 0.2) is 0 Å². The van der Waals surface area contributed by atoms with Crippen LogP contribution < -0.4 is 11.5 Å². The molecule has 5 N–H and O–H groups in total. The van der Waals surface area contributed by atoms with E-state index >= 15 is 0 Å². The fourth-order valence-corrected chi connectivity index (χ4v) is 3.44. The lowest BCUT2D eigenvalue weighted by atomic mass is 10.0. The molecule has 1 amide bonds. The maximum absolute atomic E-state index is 14.0. The van der Waals surface area contributed by atoms with Gasteiger partial charge in [-0.2, -0.15) is 0 Å². The topological polar surface area (TPSA) is 111 Å². The second kappa shape index (κ2) is 8.73. The van der Waals surface area contributed by atoms with Crippen molar-refractivity contribution in [3.05, 3.63) is 87.6 Å². The Morgan fingerprint density at radius 2 is 1.85 bits per heavy atom. The normalized spacial score (nSPS) is 10.5. The number of primary amides is 1. The van der Waals surface area contributed by atoms with Crippen LogP contribution in [0, 0.1) is 30.4 Å². The number of H-pyrrole nitrogens is 1. The van der Waals surface area contributed by atoms with Crippen molar-refractivity contribution in [1.82, 2.24) is 15.0 Å². The number of benzene rings is 2. The molecule has 0 spiro atoms. The average Bonchev–Trinajstić information content (AvgIpc) is 3.21. The number of anilines is 1. The summed E-state index contributed by atoms with van der Waals surface area (Å²) in [5.74, 6) is 3.24. The van der Waals surface area contributed by atoms with Gasteiger partial charge in [-0.15, -0.1) is 0 Å².